The number of rotatable bonds is 5. The molecule has 1 saturated heterocycles. The Kier molecular flexibility index (Phi) is 5.87. The number of thiocarbonyl (C=S) groups is 1. The summed E-state index contributed by atoms with van der Waals surface area (Å²) >= 11 is 5.10. The molecular formula is C10H20N2OS. The first-order valence-electron chi connectivity index (χ1n) is 5.46. The van der Waals surface area contributed by atoms with E-state index in [0.717, 1.165) is 37.7 Å². The average Bonchev–Trinajstić information content (AvgIpc) is 2.67. The van der Waals surface area contributed by atoms with Crippen molar-refractivity contribution >= 4 is 17.3 Å². The highest BCUT2D eigenvalue weighted by Crippen LogP contribution is 2.14. The Morgan fingerprint density at radius 1 is 1.43 bits per heavy atom. The molecule has 1 aliphatic heterocycles. The molecule has 1 atom stereocenters. The molecule has 1 unspecified atom stereocenters. The van der Waals surface area contributed by atoms with Crippen LogP contribution in [0, 0.1) is 0 Å². The van der Waals surface area contributed by atoms with E-state index in [0.29, 0.717) is 6.10 Å². The first-order valence-corrected chi connectivity index (χ1v) is 5.87. The summed E-state index contributed by atoms with van der Waals surface area (Å²) in [6, 6.07) is 0. The Hall–Kier alpha value is -0.350. The fourth-order valence-electron chi connectivity index (χ4n) is 1.52. The molecule has 1 heterocycles. The first-order chi connectivity index (χ1) is 6.83. The van der Waals surface area contributed by atoms with Gasteiger partial charge in [-0.1, -0.05) is 6.92 Å². The maximum atomic E-state index is 5.51. The van der Waals surface area contributed by atoms with Gasteiger partial charge in [0.05, 0.1) is 6.10 Å². The Morgan fingerprint density at radius 2 is 2.21 bits per heavy atom. The Morgan fingerprint density at radius 3 is 2.86 bits per heavy atom. The molecule has 0 amide bonds. The fourth-order valence-corrected chi connectivity index (χ4v) is 1.72. The highest BCUT2D eigenvalue weighted by atomic mass is 32.1. The number of hydrogen-bond donors (Lipinski definition) is 2. The van der Waals surface area contributed by atoms with E-state index in [1.165, 1.54) is 12.8 Å². The van der Waals surface area contributed by atoms with Crippen molar-refractivity contribution in [2.24, 2.45) is 0 Å². The van der Waals surface area contributed by atoms with Crippen molar-refractivity contribution in [3.05, 3.63) is 0 Å². The van der Waals surface area contributed by atoms with Crippen LogP contribution in [0.3, 0.4) is 0 Å². The van der Waals surface area contributed by atoms with Gasteiger partial charge >= 0.3 is 0 Å². The second-order valence-corrected chi connectivity index (χ2v) is 4.01. The molecule has 3 nitrogen and oxygen atoms in total. The maximum absolute atomic E-state index is 5.51. The molecule has 0 aromatic heterocycles. The highest BCUT2D eigenvalue weighted by Gasteiger charge is 2.14. The maximum Gasteiger partial charge on any atom is 0.166 e. The fraction of sp³-hybridized carbons (Fsp3) is 0.900. The summed E-state index contributed by atoms with van der Waals surface area (Å²) in [4.78, 5) is 0. The third kappa shape index (κ3) is 4.77. The third-order valence-electron chi connectivity index (χ3n) is 2.31. The SMILES string of the molecule is CCCNC(=S)NCCC1CCCO1. The van der Waals surface area contributed by atoms with Gasteiger partial charge in [0.15, 0.2) is 5.11 Å². The molecule has 14 heavy (non-hydrogen) atoms. The van der Waals surface area contributed by atoms with Crippen molar-refractivity contribution in [1.29, 1.82) is 0 Å². The van der Waals surface area contributed by atoms with Crippen molar-refractivity contribution in [1.82, 2.24) is 10.6 Å². The Labute approximate surface area is 91.6 Å². The molecule has 0 spiro atoms. The van der Waals surface area contributed by atoms with Crippen LogP contribution < -0.4 is 10.6 Å². The molecule has 82 valence electrons. The van der Waals surface area contributed by atoms with Crippen LogP contribution in [0.25, 0.3) is 0 Å². The normalized spacial score (nSPS) is 20.8. The highest BCUT2D eigenvalue weighted by molar-refractivity contribution is 7.80. The Balaban J connectivity index is 1.94. The standard InChI is InChI=1S/C10H20N2OS/c1-2-6-11-10(14)12-7-5-9-4-3-8-13-9/h9H,2-8H2,1H3,(H2,11,12,14). The molecule has 4 heteroatoms. The third-order valence-corrected chi connectivity index (χ3v) is 2.60. The molecule has 1 fully saturated rings. The van der Waals surface area contributed by atoms with Gasteiger partial charge < -0.3 is 15.4 Å². The molecule has 0 bridgehead atoms. The molecule has 0 saturated carbocycles. The van der Waals surface area contributed by atoms with E-state index in [1.54, 1.807) is 0 Å². The summed E-state index contributed by atoms with van der Waals surface area (Å²) < 4.78 is 5.51. The average molecular weight is 216 g/mol. The molecule has 1 aliphatic rings. The van der Waals surface area contributed by atoms with Crippen LogP contribution in [-0.2, 0) is 4.74 Å². The first kappa shape index (κ1) is 11.7. The molecule has 0 aromatic rings. The minimum absolute atomic E-state index is 0.455. The van der Waals surface area contributed by atoms with Crippen molar-refractivity contribution in [2.75, 3.05) is 19.7 Å². The van der Waals surface area contributed by atoms with Crippen LogP contribution >= 0.6 is 12.2 Å². The molecule has 0 radical (unpaired) electrons. The predicted octanol–water partition coefficient (Wildman–Crippen LogP) is 1.43. The van der Waals surface area contributed by atoms with Gasteiger partial charge in [0.2, 0.25) is 0 Å². The van der Waals surface area contributed by atoms with Crippen LogP contribution in [0.5, 0.6) is 0 Å². The zero-order chi connectivity index (χ0) is 10.2. The molecule has 1 rings (SSSR count). The smallest absolute Gasteiger partial charge is 0.166 e. The number of hydrogen-bond acceptors (Lipinski definition) is 2. The quantitative estimate of drug-likeness (QED) is 0.681. The van der Waals surface area contributed by atoms with E-state index in [9.17, 15) is 0 Å². The number of ether oxygens (including phenoxy) is 1. The van der Waals surface area contributed by atoms with E-state index in [-0.39, 0.29) is 0 Å². The van der Waals surface area contributed by atoms with Crippen LogP contribution in [0.4, 0.5) is 0 Å². The van der Waals surface area contributed by atoms with Gasteiger partial charge in [-0.3, -0.25) is 0 Å². The lowest BCUT2D eigenvalue weighted by molar-refractivity contribution is 0.105. The van der Waals surface area contributed by atoms with Crippen LogP contribution in [0.2, 0.25) is 0 Å². The topological polar surface area (TPSA) is 33.3 Å². The molecular weight excluding hydrogens is 196 g/mol. The second kappa shape index (κ2) is 7.01. The van der Waals surface area contributed by atoms with Gasteiger partial charge in [0, 0.05) is 19.7 Å². The van der Waals surface area contributed by atoms with Crippen molar-refractivity contribution < 1.29 is 4.74 Å². The minimum atomic E-state index is 0.455. The summed E-state index contributed by atoms with van der Waals surface area (Å²) in [6.07, 6.45) is 5.04. The summed E-state index contributed by atoms with van der Waals surface area (Å²) in [6.45, 7) is 4.93. The summed E-state index contributed by atoms with van der Waals surface area (Å²) in [7, 11) is 0. The van der Waals surface area contributed by atoms with Crippen LogP contribution in [0.15, 0.2) is 0 Å². The van der Waals surface area contributed by atoms with Gasteiger partial charge in [0.1, 0.15) is 0 Å². The van der Waals surface area contributed by atoms with Crippen LogP contribution in [-0.4, -0.2) is 30.9 Å². The molecule has 2 N–H and O–H groups in total. The number of nitrogens with one attached hydrogen (secondary N) is 2. The predicted molar refractivity (Wildman–Crippen MR) is 62.5 cm³/mol. The lowest BCUT2D eigenvalue weighted by Gasteiger charge is -2.12. The second-order valence-electron chi connectivity index (χ2n) is 3.61. The van der Waals surface area contributed by atoms with Crippen LogP contribution in [0.1, 0.15) is 32.6 Å². The summed E-state index contributed by atoms with van der Waals surface area (Å²) in [5.74, 6) is 0. The van der Waals surface area contributed by atoms with Gasteiger partial charge in [-0.15, -0.1) is 0 Å². The van der Waals surface area contributed by atoms with E-state index in [2.05, 4.69) is 17.6 Å². The van der Waals surface area contributed by atoms with Crippen molar-refractivity contribution in [2.45, 2.75) is 38.7 Å². The van der Waals surface area contributed by atoms with E-state index in [1.807, 2.05) is 0 Å². The van der Waals surface area contributed by atoms with E-state index < -0.39 is 0 Å². The van der Waals surface area contributed by atoms with Gasteiger partial charge in [-0.25, -0.2) is 0 Å². The van der Waals surface area contributed by atoms with E-state index >= 15 is 0 Å². The van der Waals surface area contributed by atoms with Crippen molar-refractivity contribution in [3.8, 4) is 0 Å². The largest absolute Gasteiger partial charge is 0.378 e. The van der Waals surface area contributed by atoms with Gasteiger partial charge in [0.25, 0.3) is 0 Å². The van der Waals surface area contributed by atoms with Crippen molar-refractivity contribution in [3.63, 3.8) is 0 Å². The summed E-state index contributed by atoms with van der Waals surface area (Å²) in [5.41, 5.74) is 0. The molecule has 0 aromatic carbocycles. The Bertz CT molecular complexity index is 170. The van der Waals surface area contributed by atoms with E-state index in [4.69, 9.17) is 17.0 Å². The summed E-state index contributed by atoms with van der Waals surface area (Å²) in [5, 5.41) is 7.09. The monoisotopic (exact) mass is 216 g/mol. The zero-order valence-corrected chi connectivity index (χ0v) is 9.66. The molecule has 0 aliphatic carbocycles. The minimum Gasteiger partial charge on any atom is -0.378 e. The lowest BCUT2D eigenvalue weighted by Crippen LogP contribution is -2.36. The zero-order valence-electron chi connectivity index (χ0n) is 8.84. The van der Waals surface area contributed by atoms with Gasteiger partial charge in [-0.2, -0.15) is 0 Å². The lowest BCUT2D eigenvalue weighted by atomic mass is 10.2. The van der Waals surface area contributed by atoms with Gasteiger partial charge in [-0.05, 0) is 37.9 Å².